The molecule has 0 spiro atoms. The Morgan fingerprint density at radius 1 is 1.12 bits per heavy atom. The molecule has 0 saturated carbocycles. The Hall–Kier alpha value is -2.69. The maximum atomic E-state index is 13.4. The molecule has 0 aromatic heterocycles. The first-order valence-corrected chi connectivity index (χ1v) is 7.66. The zero-order valence-corrected chi connectivity index (χ0v) is 13.9. The fourth-order valence-electron chi connectivity index (χ4n) is 2.16. The van der Waals surface area contributed by atoms with Crippen molar-refractivity contribution in [2.24, 2.45) is 0 Å². The van der Waals surface area contributed by atoms with E-state index in [9.17, 15) is 14.0 Å². The molecule has 24 heavy (non-hydrogen) atoms. The Labute approximate surface area is 140 Å². The van der Waals surface area contributed by atoms with Crippen LogP contribution in [0.2, 0.25) is 0 Å². The fraction of sp³-hybridized carbons (Fsp3) is 0.263. The van der Waals surface area contributed by atoms with Gasteiger partial charge in [0.1, 0.15) is 5.82 Å². The summed E-state index contributed by atoms with van der Waals surface area (Å²) in [4.78, 5) is 23.7. The second-order valence-corrected chi connectivity index (χ2v) is 5.74. The second-order valence-electron chi connectivity index (χ2n) is 5.74. The normalized spacial score (nSPS) is 11.7. The average Bonchev–Trinajstić information content (AvgIpc) is 2.55. The van der Waals surface area contributed by atoms with Crippen LogP contribution in [0, 0.1) is 19.7 Å². The van der Waals surface area contributed by atoms with E-state index < -0.39 is 24.3 Å². The van der Waals surface area contributed by atoms with E-state index in [1.54, 1.807) is 6.92 Å². The van der Waals surface area contributed by atoms with Crippen LogP contribution in [0.25, 0.3) is 0 Å². The predicted octanol–water partition coefficient (Wildman–Crippen LogP) is 3.48. The molecule has 0 saturated heterocycles. The van der Waals surface area contributed by atoms with Crippen LogP contribution in [0.4, 0.5) is 4.39 Å². The monoisotopic (exact) mass is 329 g/mol. The Balaban J connectivity index is 1.87. The van der Waals surface area contributed by atoms with Crippen LogP contribution in [0.3, 0.4) is 0 Å². The van der Waals surface area contributed by atoms with Gasteiger partial charge in [-0.3, -0.25) is 4.79 Å². The molecule has 0 fully saturated rings. The first-order chi connectivity index (χ1) is 11.4. The number of carbonyl (C=O) groups is 2. The molecule has 5 heteroatoms. The van der Waals surface area contributed by atoms with Crippen LogP contribution in [0.1, 0.15) is 40.0 Å². The van der Waals surface area contributed by atoms with Gasteiger partial charge in [0.2, 0.25) is 0 Å². The van der Waals surface area contributed by atoms with Gasteiger partial charge in [-0.05, 0) is 44.0 Å². The number of aryl methyl sites for hydroxylation is 2. The predicted molar refractivity (Wildman–Crippen MR) is 89.2 cm³/mol. The Morgan fingerprint density at radius 3 is 2.42 bits per heavy atom. The quantitative estimate of drug-likeness (QED) is 0.855. The summed E-state index contributed by atoms with van der Waals surface area (Å²) in [5, 5.41) is 2.75. The van der Waals surface area contributed by atoms with Gasteiger partial charge in [0.25, 0.3) is 5.91 Å². The topological polar surface area (TPSA) is 55.4 Å². The second kappa shape index (κ2) is 7.73. The zero-order chi connectivity index (χ0) is 17.7. The number of esters is 1. The van der Waals surface area contributed by atoms with Gasteiger partial charge in [-0.1, -0.05) is 35.9 Å². The molecule has 0 heterocycles. The summed E-state index contributed by atoms with van der Waals surface area (Å²) in [5.41, 5.74) is 2.62. The van der Waals surface area contributed by atoms with Crippen molar-refractivity contribution in [1.29, 1.82) is 0 Å². The number of halogens is 1. The number of nitrogens with one attached hydrogen (secondary N) is 1. The Bertz CT molecular complexity index is 741. The van der Waals surface area contributed by atoms with Crippen molar-refractivity contribution in [3.8, 4) is 0 Å². The molecule has 0 unspecified atom stereocenters. The minimum atomic E-state index is -0.730. The summed E-state index contributed by atoms with van der Waals surface area (Å²) >= 11 is 0. The van der Waals surface area contributed by atoms with Gasteiger partial charge in [0, 0.05) is 0 Å². The van der Waals surface area contributed by atoms with Gasteiger partial charge in [0.05, 0.1) is 11.6 Å². The third kappa shape index (κ3) is 4.65. The fourth-order valence-corrected chi connectivity index (χ4v) is 2.16. The van der Waals surface area contributed by atoms with Crippen LogP contribution in [-0.4, -0.2) is 18.5 Å². The van der Waals surface area contributed by atoms with E-state index in [4.69, 9.17) is 4.74 Å². The minimum absolute atomic E-state index is 0.0810. The average molecular weight is 329 g/mol. The molecule has 0 bridgehead atoms. The van der Waals surface area contributed by atoms with E-state index in [-0.39, 0.29) is 11.6 Å². The largest absolute Gasteiger partial charge is 0.452 e. The SMILES string of the molecule is Cc1ccc([C@H](C)NC(=O)COC(=O)c2ccc(C)c(F)c2)cc1. The highest BCUT2D eigenvalue weighted by atomic mass is 19.1. The third-order valence-corrected chi connectivity index (χ3v) is 3.70. The van der Waals surface area contributed by atoms with Gasteiger partial charge in [-0.2, -0.15) is 0 Å². The van der Waals surface area contributed by atoms with Crippen molar-refractivity contribution >= 4 is 11.9 Å². The van der Waals surface area contributed by atoms with Gasteiger partial charge in [0.15, 0.2) is 6.61 Å². The molecule has 1 N–H and O–H groups in total. The van der Waals surface area contributed by atoms with Crippen molar-refractivity contribution in [3.05, 3.63) is 70.5 Å². The molecule has 0 radical (unpaired) electrons. The molecule has 0 aliphatic heterocycles. The third-order valence-electron chi connectivity index (χ3n) is 3.70. The standard InChI is InChI=1S/C19H20FNO3/c1-12-4-7-15(8-5-12)14(3)21-18(22)11-24-19(23)16-9-6-13(2)17(20)10-16/h4-10,14H,11H2,1-3H3,(H,21,22)/t14-/m0/s1. The van der Waals surface area contributed by atoms with Gasteiger partial charge < -0.3 is 10.1 Å². The van der Waals surface area contributed by atoms with Crippen molar-refractivity contribution in [1.82, 2.24) is 5.32 Å². The van der Waals surface area contributed by atoms with E-state index in [2.05, 4.69) is 5.32 Å². The molecular weight excluding hydrogens is 309 g/mol. The van der Waals surface area contributed by atoms with Crippen molar-refractivity contribution in [2.75, 3.05) is 6.61 Å². The lowest BCUT2D eigenvalue weighted by Gasteiger charge is -2.14. The van der Waals surface area contributed by atoms with Crippen LogP contribution in [-0.2, 0) is 9.53 Å². The zero-order valence-electron chi connectivity index (χ0n) is 13.9. The lowest BCUT2D eigenvalue weighted by Crippen LogP contribution is -2.31. The first-order valence-electron chi connectivity index (χ1n) is 7.66. The van der Waals surface area contributed by atoms with Crippen LogP contribution in [0.15, 0.2) is 42.5 Å². The first kappa shape index (κ1) is 17.7. The summed E-state index contributed by atoms with van der Waals surface area (Å²) in [6.07, 6.45) is 0. The molecule has 1 atom stereocenters. The van der Waals surface area contributed by atoms with E-state index in [0.717, 1.165) is 17.2 Å². The number of amides is 1. The minimum Gasteiger partial charge on any atom is -0.452 e. The Morgan fingerprint density at radius 2 is 1.79 bits per heavy atom. The smallest absolute Gasteiger partial charge is 0.338 e. The number of carbonyl (C=O) groups excluding carboxylic acids is 2. The lowest BCUT2D eigenvalue weighted by molar-refractivity contribution is -0.124. The van der Waals surface area contributed by atoms with Crippen molar-refractivity contribution < 1.29 is 18.7 Å². The molecule has 1 amide bonds. The van der Waals surface area contributed by atoms with E-state index in [1.807, 2.05) is 38.1 Å². The summed E-state index contributed by atoms with van der Waals surface area (Å²) in [7, 11) is 0. The number of ether oxygens (including phenoxy) is 1. The van der Waals surface area contributed by atoms with Gasteiger partial charge >= 0.3 is 5.97 Å². The van der Waals surface area contributed by atoms with Gasteiger partial charge in [-0.25, -0.2) is 9.18 Å². The number of hydrogen-bond acceptors (Lipinski definition) is 3. The number of hydrogen-bond donors (Lipinski definition) is 1. The highest BCUT2D eigenvalue weighted by Gasteiger charge is 2.14. The summed E-state index contributed by atoms with van der Waals surface area (Å²) < 4.78 is 18.4. The summed E-state index contributed by atoms with van der Waals surface area (Å²) in [6, 6.07) is 11.6. The van der Waals surface area contributed by atoms with Crippen LogP contribution < -0.4 is 5.32 Å². The van der Waals surface area contributed by atoms with Gasteiger partial charge in [-0.15, -0.1) is 0 Å². The van der Waals surface area contributed by atoms with E-state index in [0.29, 0.717) is 5.56 Å². The highest BCUT2D eigenvalue weighted by molar-refractivity contribution is 5.91. The summed E-state index contributed by atoms with van der Waals surface area (Å²) in [6.45, 7) is 5.02. The number of rotatable bonds is 5. The van der Waals surface area contributed by atoms with E-state index in [1.165, 1.54) is 12.1 Å². The molecule has 4 nitrogen and oxygen atoms in total. The summed E-state index contributed by atoms with van der Waals surface area (Å²) in [5.74, 6) is -1.63. The number of benzene rings is 2. The Kier molecular flexibility index (Phi) is 5.68. The van der Waals surface area contributed by atoms with Crippen molar-refractivity contribution in [3.63, 3.8) is 0 Å². The molecule has 2 aromatic rings. The molecule has 126 valence electrons. The maximum absolute atomic E-state index is 13.4. The maximum Gasteiger partial charge on any atom is 0.338 e. The van der Waals surface area contributed by atoms with E-state index >= 15 is 0 Å². The highest BCUT2D eigenvalue weighted by Crippen LogP contribution is 2.13. The van der Waals surface area contributed by atoms with Crippen molar-refractivity contribution in [2.45, 2.75) is 26.8 Å². The molecular formula is C19H20FNO3. The lowest BCUT2D eigenvalue weighted by atomic mass is 10.1. The molecule has 2 aromatic carbocycles. The molecule has 0 aliphatic carbocycles. The van der Waals surface area contributed by atoms with Crippen LogP contribution in [0.5, 0.6) is 0 Å². The molecule has 0 aliphatic rings. The van der Waals surface area contributed by atoms with Crippen LogP contribution >= 0.6 is 0 Å². The molecule has 2 rings (SSSR count).